The highest BCUT2D eigenvalue weighted by Crippen LogP contribution is 2.27. The van der Waals surface area contributed by atoms with Crippen molar-refractivity contribution in [2.24, 2.45) is 5.92 Å². The molecule has 1 fully saturated rings. The summed E-state index contributed by atoms with van der Waals surface area (Å²) >= 11 is 3.57. The van der Waals surface area contributed by atoms with Crippen LogP contribution in [-0.4, -0.2) is 31.7 Å². The Morgan fingerprint density at radius 3 is 3.25 bits per heavy atom. The predicted octanol–water partition coefficient (Wildman–Crippen LogP) is 2.28. The highest BCUT2D eigenvalue weighted by atomic mass is 79.9. The molecule has 88 valence electrons. The van der Waals surface area contributed by atoms with Crippen LogP contribution < -0.4 is 10.2 Å². The van der Waals surface area contributed by atoms with E-state index in [0.29, 0.717) is 0 Å². The van der Waals surface area contributed by atoms with Crippen LogP contribution in [0.3, 0.4) is 0 Å². The third-order valence-corrected chi connectivity index (χ3v) is 3.67. The first kappa shape index (κ1) is 11.9. The second-order valence-electron chi connectivity index (χ2n) is 4.32. The molecule has 0 spiro atoms. The van der Waals surface area contributed by atoms with Crippen molar-refractivity contribution < 1.29 is 0 Å². The molecule has 3 nitrogen and oxygen atoms in total. The van der Waals surface area contributed by atoms with Gasteiger partial charge in [-0.15, -0.1) is 0 Å². The molecule has 2 rings (SSSR count). The second-order valence-corrected chi connectivity index (χ2v) is 5.18. The van der Waals surface area contributed by atoms with Crippen LogP contribution in [-0.2, 0) is 0 Å². The van der Waals surface area contributed by atoms with Crippen LogP contribution in [0, 0.1) is 5.92 Å². The predicted molar refractivity (Wildman–Crippen MR) is 70.8 cm³/mol. The van der Waals surface area contributed by atoms with Gasteiger partial charge in [0.1, 0.15) is 5.82 Å². The second kappa shape index (κ2) is 5.64. The minimum Gasteiger partial charge on any atom is -0.355 e. The largest absolute Gasteiger partial charge is 0.355 e. The molecule has 0 bridgehead atoms. The number of piperidine rings is 1. The standard InChI is InChI=1S/C12H18BrN3/c1-14-8-10-4-3-7-16(9-10)12-11(13)5-2-6-15-12/h2,5-6,10,14H,3-4,7-9H2,1H3. The normalized spacial score (nSPS) is 21.1. The maximum Gasteiger partial charge on any atom is 0.142 e. The quantitative estimate of drug-likeness (QED) is 0.923. The molecule has 16 heavy (non-hydrogen) atoms. The van der Waals surface area contributed by atoms with Gasteiger partial charge in [0, 0.05) is 19.3 Å². The van der Waals surface area contributed by atoms with Crippen molar-refractivity contribution in [3.05, 3.63) is 22.8 Å². The molecule has 1 N–H and O–H groups in total. The molecule has 0 radical (unpaired) electrons. The van der Waals surface area contributed by atoms with Gasteiger partial charge in [0.05, 0.1) is 4.47 Å². The topological polar surface area (TPSA) is 28.2 Å². The van der Waals surface area contributed by atoms with Gasteiger partial charge in [-0.2, -0.15) is 0 Å². The fourth-order valence-electron chi connectivity index (χ4n) is 2.32. The van der Waals surface area contributed by atoms with Gasteiger partial charge >= 0.3 is 0 Å². The van der Waals surface area contributed by atoms with Crippen LogP contribution in [0.25, 0.3) is 0 Å². The van der Waals surface area contributed by atoms with Gasteiger partial charge in [0.2, 0.25) is 0 Å². The van der Waals surface area contributed by atoms with Gasteiger partial charge in [-0.3, -0.25) is 0 Å². The van der Waals surface area contributed by atoms with E-state index in [1.54, 1.807) is 0 Å². The van der Waals surface area contributed by atoms with E-state index in [0.717, 1.165) is 35.8 Å². The van der Waals surface area contributed by atoms with Crippen molar-refractivity contribution in [1.29, 1.82) is 0 Å². The maximum atomic E-state index is 4.46. The van der Waals surface area contributed by atoms with Crippen LogP contribution in [0.15, 0.2) is 22.8 Å². The highest BCUT2D eigenvalue weighted by molar-refractivity contribution is 9.10. The molecule has 1 aliphatic rings. The van der Waals surface area contributed by atoms with E-state index in [4.69, 9.17) is 0 Å². The summed E-state index contributed by atoms with van der Waals surface area (Å²) in [6.07, 6.45) is 4.44. The summed E-state index contributed by atoms with van der Waals surface area (Å²) < 4.78 is 1.10. The molecule has 0 aromatic carbocycles. The van der Waals surface area contributed by atoms with Crippen LogP contribution in [0.4, 0.5) is 5.82 Å². The summed E-state index contributed by atoms with van der Waals surface area (Å²) in [5.74, 6) is 1.83. The summed E-state index contributed by atoms with van der Waals surface area (Å²) in [7, 11) is 2.02. The summed E-state index contributed by atoms with van der Waals surface area (Å²) in [6.45, 7) is 3.33. The number of pyridine rings is 1. The lowest BCUT2D eigenvalue weighted by atomic mass is 9.98. The van der Waals surface area contributed by atoms with Gasteiger partial charge in [-0.25, -0.2) is 4.98 Å². The summed E-state index contributed by atoms with van der Waals surface area (Å²) in [4.78, 5) is 6.84. The zero-order chi connectivity index (χ0) is 11.4. The van der Waals surface area contributed by atoms with Gasteiger partial charge in [0.25, 0.3) is 0 Å². The van der Waals surface area contributed by atoms with Gasteiger partial charge < -0.3 is 10.2 Å². The molecular formula is C12H18BrN3. The van der Waals surface area contributed by atoms with E-state index in [2.05, 4.69) is 37.2 Å². The van der Waals surface area contributed by atoms with E-state index >= 15 is 0 Å². The van der Waals surface area contributed by atoms with Crippen molar-refractivity contribution in [3.8, 4) is 0 Å². The Morgan fingerprint density at radius 1 is 1.62 bits per heavy atom. The highest BCUT2D eigenvalue weighted by Gasteiger charge is 2.21. The van der Waals surface area contributed by atoms with Gasteiger partial charge in [-0.05, 0) is 60.4 Å². The first-order valence-electron chi connectivity index (χ1n) is 5.81. The molecule has 1 unspecified atom stereocenters. The monoisotopic (exact) mass is 283 g/mol. The van der Waals surface area contributed by atoms with E-state index in [1.807, 2.05) is 19.3 Å². The number of hydrogen-bond donors (Lipinski definition) is 1. The lowest BCUT2D eigenvalue weighted by Crippen LogP contribution is -2.39. The number of aromatic nitrogens is 1. The number of nitrogens with one attached hydrogen (secondary N) is 1. The Bertz CT molecular complexity index is 341. The van der Waals surface area contributed by atoms with Gasteiger partial charge in [0.15, 0.2) is 0 Å². The number of rotatable bonds is 3. The fraction of sp³-hybridized carbons (Fsp3) is 0.583. The molecule has 1 aliphatic heterocycles. The van der Waals surface area contributed by atoms with Crippen molar-refractivity contribution in [3.63, 3.8) is 0 Å². The first-order valence-corrected chi connectivity index (χ1v) is 6.60. The molecule has 0 saturated carbocycles. The smallest absolute Gasteiger partial charge is 0.142 e. The third kappa shape index (κ3) is 2.74. The van der Waals surface area contributed by atoms with Crippen LogP contribution in [0.1, 0.15) is 12.8 Å². The average molecular weight is 284 g/mol. The first-order chi connectivity index (χ1) is 7.81. The molecule has 0 aliphatic carbocycles. The summed E-state index contributed by atoms with van der Waals surface area (Å²) in [6, 6.07) is 4.02. The summed E-state index contributed by atoms with van der Waals surface area (Å²) in [5.41, 5.74) is 0. The zero-order valence-electron chi connectivity index (χ0n) is 9.62. The van der Waals surface area contributed by atoms with Gasteiger partial charge in [-0.1, -0.05) is 0 Å². The number of halogens is 1. The third-order valence-electron chi connectivity index (χ3n) is 3.05. The Labute approximate surface area is 105 Å². The molecule has 0 amide bonds. The van der Waals surface area contributed by atoms with E-state index in [-0.39, 0.29) is 0 Å². The van der Waals surface area contributed by atoms with Crippen molar-refractivity contribution in [2.75, 3.05) is 31.6 Å². The van der Waals surface area contributed by atoms with Crippen LogP contribution in [0.5, 0.6) is 0 Å². The zero-order valence-corrected chi connectivity index (χ0v) is 11.2. The van der Waals surface area contributed by atoms with Crippen LogP contribution >= 0.6 is 15.9 Å². The SMILES string of the molecule is CNCC1CCCN(c2ncccc2Br)C1. The Balaban J connectivity index is 2.07. The molecule has 1 saturated heterocycles. The van der Waals surface area contributed by atoms with E-state index in [9.17, 15) is 0 Å². The number of hydrogen-bond acceptors (Lipinski definition) is 3. The number of nitrogens with zero attached hydrogens (tertiary/aromatic N) is 2. The van der Waals surface area contributed by atoms with Crippen molar-refractivity contribution in [2.45, 2.75) is 12.8 Å². The Hall–Kier alpha value is -0.610. The number of anilines is 1. The van der Waals surface area contributed by atoms with E-state index < -0.39 is 0 Å². The summed E-state index contributed by atoms with van der Waals surface area (Å²) in [5, 5.41) is 3.27. The van der Waals surface area contributed by atoms with Crippen molar-refractivity contribution in [1.82, 2.24) is 10.3 Å². The van der Waals surface area contributed by atoms with E-state index in [1.165, 1.54) is 12.8 Å². The van der Waals surface area contributed by atoms with Crippen molar-refractivity contribution >= 4 is 21.7 Å². The lowest BCUT2D eigenvalue weighted by molar-refractivity contribution is 0.401. The Kier molecular flexibility index (Phi) is 4.18. The van der Waals surface area contributed by atoms with Crippen LogP contribution in [0.2, 0.25) is 0 Å². The lowest BCUT2D eigenvalue weighted by Gasteiger charge is -2.34. The minimum atomic E-state index is 0.743. The maximum absolute atomic E-state index is 4.46. The molecule has 1 aromatic rings. The molecular weight excluding hydrogens is 266 g/mol. The molecule has 1 atom stereocenters. The minimum absolute atomic E-state index is 0.743. The molecule has 2 heterocycles. The molecule has 1 aromatic heterocycles. The fourth-order valence-corrected chi connectivity index (χ4v) is 2.83. The molecule has 4 heteroatoms. The Morgan fingerprint density at radius 2 is 2.50 bits per heavy atom. The average Bonchev–Trinajstić information content (AvgIpc) is 2.30.